The number of hydrogen-bond donors (Lipinski definition) is 3. The van der Waals surface area contributed by atoms with Gasteiger partial charge in [0, 0.05) is 5.02 Å². The van der Waals surface area contributed by atoms with Crippen LogP contribution >= 0.6 is 11.6 Å². The predicted octanol–water partition coefficient (Wildman–Crippen LogP) is 2.25. The number of ether oxygens (including phenoxy) is 1. The third kappa shape index (κ3) is 5.28. The van der Waals surface area contributed by atoms with Gasteiger partial charge in [-0.05, 0) is 36.4 Å². The first-order valence-electron chi connectivity index (χ1n) is 6.85. The Morgan fingerprint density at radius 1 is 0.957 bits per heavy atom. The zero-order chi connectivity index (χ0) is 16.7. The van der Waals surface area contributed by atoms with Gasteiger partial charge in [0.05, 0.1) is 17.9 Å². The van der Waals surface area contributed by atoms with Crippen LogP contribution < -0.4 is 21.1 Å². The molecule has 0 spiro atoms. The average molecular weight is 334 g/mol. The molecule has 6 nitrogen and oxygen atoms in total. The molecule has 0 aromatic heterocycles. The minimum atomic E-state index is -0.352. The van der Waals surface area contributed by atoms with Crippen LogP contribution in [0, 0.1) is 0 Å². The van der Waals surface area contributed by atoms with E-state index in [2.05, 4.69) is 10.6 Å². The standard InChI is InChI=1S/C16H16ClN3O3/c17-11-5-7-12(8-6-11)23-10-16(22)20-14-4-2-1-3-13(14)19-15(21)9-18/h1-8H,9-10,18H2,(H,19,21)(H,20,22). The normalized spacial score (nSPS) is 10.0. The Bertz CT molecular complexity index is 689. The molecule has 23 heavy (non-hydrogen) atoms. The number of benzene rings is 2. The Morgan fingerprint density at radius 3 is 2.09 bits per heavy atom. The maximum atomic E-state index is 12.0. The molecular formula is C16H16ClN3O3. The van der Waals surface area contributed by atoms with E-state index < -0.39 is 0 Å². The Morgan fingerprint density at radius 2 is 1.52 bits per heavy atom. The first-order valence-corrected chi connectivity index (χ1v) is 7.23. The number of hydrogen-bond acceptors (Lipinski definition) is 4. The number of halogens is 1. The van der Waals surface area contributed by atoms with E-state index in [0.717, 1.165) is 0 Å². The largest absolute Gasteiger partial charge is 0.484 e. The highest BCUT2D eigenvalue weighted by Crippen LogP contribution is 2.21. The number of rotatable bonds is 6. The van der Waals surface area contributed by atoms with Crippen LogP contribution in [0.4, 0.5) is 11.4 Å². The second kappa shape index (κ2) is 8.17. The van der Waals surface area contributed by atoms with Crippen LogP contribution in [0.5, 0.6) is 5.75 Å². The van der Waals surface area contributed by atoms with Crippen molar-refractivity contribution in [2.24, 2.45) is 5.73 Å². The van der Waals surface area contributed by atoms with Crippen molar-refractivity contribution in [3.8, 4) is 5.75 Å². The first-order chi connectivity index (χ1) is 11.1. The van der Waals surface area contributed by atoms with Gasteiger partial charge in [-0.25, -0.2) is 0 Å². The molecule has 2 aromatic carbocycles. The SMILES string of the molecule is NCC(=O)Nc1ccccc1NC(=O)COc1ccc(Cl)cc1. The topological polar surface area (TPSA) is 93.5 Å². The lowest BCUT2D eigenvalue weighted by molar-refractivity contribution is -0.118. The molecule has 0 heterocycles. The van der Waals surface area contributed by atoms with Crippen LogP contribution in [0.25, 0.3) is 0 Å². The van der Waals surface area contributed by atoms with E-state index in [1.807, 2.05) is 0 Å². The third-order valence-electron chi connectivity index (χ3n) is 2.84. The lowest BCUT2D eigenvalue weighted by Crippen LogP contribution is -2.24. The fraction of sp³-hybridized carbons (Fsp3) is 0.125. The summed E-state index contributed by atoms with van der Waals surface area (Å²) in [5.41, 5.74) is 6.21. The Kier molecular flexibility index (Phi) is 5.96. The minimum absolute atomic E-state index is 0.137. The summed E-state index contributed by atoms with van der Waals surface area (Å²) in [4.78, 5) is 23.3. The summed E-state index contributed by atoms with van der Waals surface area (Å²) in [6.07, 6.45) is 0. The van der Waals surface area contributed by atoms with Crippen molar-refractivity contribution in [2.75, 3.05) is 23.8 Å². The molecule has 0 atom stereocenters. The number of carbonyl (C=O) groups is 2. The van der Waals surface area contributed by atoms with E-state index in [1.165, 1.54) is 0 Å². The molecule has 0 radical (unpaired) electrons. The zero-order valence-electron chi connectivity index (χ0n) is 12.2. The maximum absolute atomic E-state index is 12.0. The van der Waals surface area contributed by atoms with E-state index >= 15 is 0 Å². The summed E-state index contributed by atoms with van der Waals surface area (Å²) in [6, 6.07) is 13.5. The van der Waals surface area contributed by atoms with E-state index in [1.54, 1.807) is 48.5 Å². The highest BCUT2D eigenvalue weighted by molar-refractivity contribution is 6.30. The van der Waals surface area contributed by atoms with Crippen molar-refractivity contribution < 1.29 is 14.3 Å². The molecule has 0 unspecified atom stereocenters. The number of carbonyl (C=O) groups excluding carboxylic acids is 2. The quantitative estimate of drug-likeness (QED) is 0.755. The zero-order valence-corrected chi connectivity index (χ0v) is 13.0. The fourth-order valence-corrected chi connectivity index (χ4v) is 1.89. The molecule has 0 fully saturated rings. The Hall–Kier alpha value is -2.57. The van der Waals surface area contributed by atoms with Gasteiger partial charge in [-0.15, -0.1) is 0 Å². The predicted molar refractivity (Wildman–Crippen MR) is 89.7 cm³/mol. The van der Waals surface area contributed by atoms with Crippen LogP contribution in [0.2, 0.25) is 5.02 Å². The number of nitrogens with two attached hydrogens (primary N) is 1. The van der Waals surface area contributed by atoms with Crippen molar-refractivity contribution in [1.29, 1.82) is 0 Å². The van der Waals surface area contributed by atoms with Gasteiger partial charge >= 0.3 is 0 Å². The van der Waals surface area contributed by atoms with Crippen molar-refractivity contribution >= 4 is 34.8 Å². The lowest BCUT2D eigenvalue weighted by atomic mass is 10.2. The lowest BCUT2D eigenvalue weighted by Gasteiger charge is -2.12. The molecule has 7 heteroatoms. The molecule has 0 saturated heterocycles. The van der Waals surface area contributed by atoms with Crippen molar-refractivity contribution in [3.05, 3.63) is 53.6 Å². The summed E-state index contributed by atoms with van der Waals surface area (Å²) in [5, 5.41) is 5.88. The monoisotopic (exact) mass is 333 g/mol. The van der Waals surface area contributed by atoms with Gasteiger partial charge in [-0.2, -0.15) is 0 Å². The van der Waals surface area contributed by atoms with E-state index in [0.29, 0.717) is 22.1 Å². The highest BCUT2D eigenvalue weighted by Gasteiger charge is 2.09. The molecule has 4 N–H and O–H groups in total. The van der Waals surface area contributed by atoms with E-state index in [4.69, 9.17) is 22.1 Å². The molecule has 120 valence electrons. The molecule has 0 aliphatic heterocycles. The highest BCUT2D eigenvalue weighted by atomic mass is 35.5. The van der Waals surface area contributed by atoms with Gasteiger partial charge in [0.25, 0.3) is 5.91 Å². The van der Waals surface area contributed by atoms with Gasteiger partial charge < -0.3 is 21.1 Å². The second-order valence-electron chi connectivity index (χ2n) is 4.59. The van der Waals surface area contributed by atoms with Crippen LogP contribution in [-0.4, -0.2) is 25.0 Å². The smallest absolute Gasteiger partial charge is 0.262 e. The summed E-state index contributed by atoms with van der Waals surface area (Å²) >= 11 is 5.77. The van der Waals surface area contributed by atoms with Crippen molar-refractivity contribution in [3.63, 3.8) is 0 Å². The van der Waals surface area contributed by atoms with Gasteiger partial charge in [0.1, 0.15) is 5.75 Å². The van der Waals surface area contributed by atoms with Crippen LogP contribution in [-0.2, 0) is 9.59 Å². The number of nitrogens with one attached hydrogen (secondary N) is 2. The number of anilines is 2. The van der Waals surface area contributed by atoms with Crippen molar-refractivity contribution in [2.45, 2.75) is 0 Å². The summed E-state index contributed by atoms with van der Waals surface area (Å²) in [5.74, 6) is -0.159. The summed E-state index contributed by atoms with van der Waals surface area (Å²) in [7, 11) is 0. The average Bonchev–Trinajstić information content (AvgIpc) is 2.56. The van der Waals surface area contributed by atoms with Crippen molar-refractivity contribution in [1.82, 2.24) is 0 Å². The molecule has 0 saturated carbocycles. The number of para-hydroxylation sites is 2. The molecule has 2 amide bonds. The van der Waals surface area contributed by atoms with Crippen LogP contribution in [0.15, 0.2) is 48.5 Å². The fourth-order valence-electron chi connectivity index (χ4n) is 1.77. The molecule has 2 rings (SSSR count). The minimum Gasteiger partial charge on any atom is -0.484 e. The van der Waals surface area contributed by atoms with Crippen LogP contribution in [0.3, 0.4) is 0 Å². The maximum Gasteiger partial charge on any atom is 0.262 e. The third-order valence-corrected chi connectivity index (χ3v) is 3.10. The van der Waals surface area contributed by atoms with Gasteiger partial charge in [0.2, 0.25) is 5.91 Å². The molecule has 0 aliphatic carbocycles. The summed E-state index contributed by atoms with van der Waals surface area (Å²) in [6.45, 7) is -0.303. The van der Waals surface area contributed by atoms with E-state index in [-0.39, 0.29) is 25.0 Å². The molecule has 0 bridgehead atoms. The van der Waals surface area contributed by atoms with Crippen LogP contribution in [0.1, 0.15) is 0 Å². The molecular weight excluding hydrogens is 318 g/mol. The summed E-state index contributed by atoms with van der Waals surface area (Å²) < 4.78 is 5.36. The Labute approximate surface area is 138 Å². The Balaban J connectivity index is 1.94. The van der Waals surface area contributed by atoms with Gasteiger partial charge in [0.15, 0.2) is 6.61 Å². The second-order valence-corrected chi connectivity index (χ2v) is 5.03. The first kappa shape index (κ1) is 16.8. The molecule has 0 aliphatic rings. The number of amides is 2. The van der Waals surface area contributed by atoms with Gasteiger partial charge in [-0.3, -0.25) is 9.59 Å². The van der Waals surface area contributed by atoms with E-state index in [9.17, 15) is 9.59 Å². The molecule has 2 aromatic rings. The van der Waals surface area contributed by atoms with Gasteiger partial charge in [-0.1, -0.05) is 23.7 Å².